The molecule has 0 atom stereocenters. The Morgan fingerprint density at radius 1 is 0.659 bits per heavy atom. The van der Waals surface area contributed by atoms with Gasteiger partial charge in [0.15, 0.2) is 0 Å². The summed E-state index contributed by atoms with van der Waals surface area (Å²) in [6, 6.07) is 21.4. The zero-order chi connectivity index (χ0) is 28.1. The molecule has 6 rings (SSSR count). The Labute approximate surface area is 243 Å². The highest BCUT2D eigenvalue weighted by molar-refractivity contribution is 7.89. The Bertz CT molecular complexity index is 1580. The summed E-state index contributed by atoms with van der Waals surface area (Å²) in [7, 11) is -3.53. The summed E-state index contributed by atoms with van der Waals surface area (Å²) in [4.78, 5) is 10.0. The minimum Gasteiger partial charge on any atom is -0.369 e. The zero-order valence-electron chi connectivity index (χ0n) is 23.7. The van der Waals surface area contributed by atoms with E-state index in [2.05, 4.69) is 27.5 Å². The highest BCUT2D eigenvalue weighted by atomic mass is 32.2. The molecule has 7 nitrogen and oxygen atoms in total. The number of hydrogen-bond acceptors (Lipinski definition) is 6. The van der Waals surface area contributed by atoms with Crippen LogP contribution < -0.4 is 15.4 Å². The van der Waals surface area contributed by atoms with Gasteiger partial charge in [-0.25, -0.2) is 18.1 Å². The first-order valence-electron chi connectivity index (χ1n) is 15.3. The molecule has 2 aliphatic rings. The second-order valence-corrected chi connectivity index (χ2v) is 13.7. The smallest absolute Gasteiger partial charge is 0.240 e. The minimum absolute atomic E-state index is 0.331. The van der Waals surface area contributed by atoms with E-state index in [1.165, 1.54) is 32.1 Å². The predicted octanol–water partition coefficient (Wildman–Crippen LogP) is 6.97. The van der Waals surface area contributed by atoms with E-state index in [9.17, 15) is 8.42 Å². The SMILES string of the molecule is O=S(=O)(NC[C@H]1CC[C@H](CNc2nc(NCC3CCCCC3)c3ccccc3n2)CC1)c1ccc2ccccc2c1. The molecule has 3 N–H and O–H groups in total. The molecule has 2 aliphatic carbocycles. The van der Waals surface area contributed by atoms with E-state index in [-0.39, 0.29) is 0 Å². The molecule has 0 saturated heterocycles. The Morgan fingerprint density at radius 2 is 1.32 bits per heavy atom. The van der Waals surface area contributed by atoms with Gasteiger partial charge < -0.3 is 10.6 Å². The number of benzene rings is 3. The molecule has 1 aromatic heterocycles. The molecule has 216 valence electrons. The number of hydrogen-bond donors (Lipinski definition) is 3. The van der Waals surface area contributed by atoms with Crippen LogP contribution in [0.3, 0.4) is 0 Å². The fourth-order valence-electron chi connectivity index (χ4n) is 6.44. The average molecular weight is 572 g/mol. The number of fused-ring (bicyclic) bond motifs is 2. The Kier molecular flexibility index (Phi) is 8.67. The van der Waals surface area contributed by atoms with Crippen LogP contribution in [-0.4, -0.2) is 38.0 Å². The van der Waals surface area contributed by atoms with Crippen LogP contribution in [0, 0.1) is 17.8 Å². The second-order valence-electron chi connectivity index (χ2n) is 11.9. The average Bonchev–Trinajstić information content (AvgIpc) is 3.02. The van der Waals surface area contributed by atoms with Gasteiger partial charge >= 0.3 is 0 Å². The first-order valence-corrected chi connectivity index (χ1v) is 16.7. The topological polar surface area (TPSA) is 96.0 Å². The van der Waals surface area contributed by atoms with E-state index < -0.39 is 10.0 Å². The summed E-state index contributed by atoms with van der Waals surface area (Å²) in [5.74, 6) is 3.21. The van der Waals surface area contributed by atoms with Gasteiger partial charge in [0.25, 0.3) is 0 Å². The molecule has 1 heterocycles. The quantitative estimate of drug-likeness (QED) is 0.190. The molecule has 0 unspecified atom stereocenters. The van der Waals surface area contributed by atoms with Gasteiger partial charge in [-0.2, -0.15) is 4.98 Å². The molecule has 0 radical (unpaired) electrons. The lowest BCUT2D eigenvalue weighted by molar-refractivity contribution is 0.284. The van der Waals surface area contributed by atoms with Crippen molar-refractivity contribution in [1.29, 1.82) is 0 Å². The number of aromatic nitrogens is 2. The van der Waals surface area contributed by atoms with Crippen LogP contribution >= 0.6 is 0 Å². The van der Waals surface area contributed by atoms with Crippen molar-refractivity contribution in [3.05, 3.63) is 66.7 Å². The van der Waals surface area contributed by atoms with Crippen molar-refractivity contribution in [2.75, 3.05) is 30.3 Å². The molecule has 0 spiro atoms. The van der Waals surface area contributed by atoms with Crippen molar-refractivity contribution in [3.8, 4) is 0 Å². The van der Waals surface area contributed by atoms with Crippen LogP contribution in [0.5, 0.6) is 0 Å². The molecule has 4 aromatic rings. The van der Waals surface area contributed by atoms with Gasteiger partial charge in [0.1, 0.15) is 5.82 Å². The van der Waals surface area contributed by atoms with Gasteiger partial charge in [-0.1, -0.05) is 61.7 Å². The third kappa shape index (κ3) is 6.99. The first kappa shape index (κ1) is 27.9. The van der Waals surface area contributed by atoms with Gasteiger partial charge in [-0.15, -0.1) is 0 Å². The van der Waals surface area contributed by atoms with E-state index in [0.717, 1.165) is 72.2 Å². The molecule has 2 fully saturated rings. The molecular weight excluding hydrogens is 530 g/mol. The van der Waals surface area contributed by atoms with E-state index in [0.29, 0.717) is 29.2 Å². The van der Waals surface area contributed by atoms with Gasteiger partial charge in [-0.3, -0.25) is 0 Å². The van der Waals surface area contributed by atoms with Crippen LogP contribution in [0.25, 0.3) is 21.7 Å². The number of anilines is 2. The summed E-state index contributed by atoms with van der Waals surface area (Å²) in [6.45, 7) is 2.28. The number of sulfonamides is 1. The van der Waals surface area contributed by atoms with Crippen LogP contribution in [0.2, 0.25) is 0 Å². The maximum atomic E-state index is 13.0. The van der Waals surface area contributed by atoms with Gasteiger partial charge in [0.2, 0.25) is 16.0 Å². The van der Waals surface area contributed by atoms with E-state index in [1.807, 2.05) is 42.5 Å². The number of rotatable bonds is 10. The molecule has 0 bridgehead atoms. The third-order valence-corrected chi connectivity index (χ3v) is 10.4. The van der Waals surface area contributed by atoms with Crippen molar-refractivity contribution >= 4 is 43.5 Å². The van der Waals surface area contributed by atoms with Crippen LogP contribution in [-0.2, 0) is 10.0 Å². The van der Waals surface area contributed by atoms with Crippen molar-refractivity contribution in [3.63, 3.8) is 0 Å². The summed E-state index contributed by atoms with van der Waals surface area (Å²) < 4.78 is 28.8. The third-order valence-electron chi connectivity index (χ3n) is 8.99. The molecular formula is C33H41N5O2S. The fourth-order valence-corrected chi connectivity index (χ4v) is 7.59. The van der Waals surface area contributed by atoms with Gasteiger partial charge in [-0.05, 0) is 91.3 Å². The van der Waals surface area contributed by atoms with Crippen molar-refractivity contribution in [2.45, 2.75) is 62.7 Å². The van der Waals surface area contributed by atoms with Crippen LogP contribution in [0.15, 0.2) is 71.6 Å². The molecule has 0 aliphatic heterocycles. The summed E-state index contributed by atoms with van der Waals surface area (Å²) >= 11 is 0. The number of nitrogens with one attached hydrogen (secondary N) is 3. The molecule has 8 heteroatoms. The number of nitrogens with zero attached hydrogens (tertiary/aromatic N) is 2. The monoisotopic (exact) mass is 571 g/mol. The lowest BCUT2D eigenvalue weighted by Gasteiger charge is -2.28. The van der Waals surface area contributed by atoms with E-state index >= 15 is 0 Å². The normalized spacial score (nSPS) is 20.3. The summed E-state index contributed by atoms with van der Waals surface area (Å²) in [5, 5.41) is 10.2. The first-order chi connectivity index (χ1) is 20.0. The zero-order valence-corrected chi connectivity index (χ0v) is 24.5. The maximum absolute atomic E-state index is 13.0. The Hall–Kier alpha value is -3.23. The number of para-hydroxylation sites is 1. The van der Waals surface area contributed by atoms with Gasteiger partial charge in [0, 0.05) is 25.0 Å². The van der Waals surface area contributed by atoms with Crippen molar-refractivity contribution in [1.82, 2.24) is 14.7 Å². The second kappa shape index (κ2) is 12.7. The maximum Gasteiger partial charge on any atom is 0.240 e. The summed E-state index contributed by atoms with van der Waals surface area (Å²) in [5.41, 5.74) is 0.957. The lowest BCUT2D eigenvalue weighted by atomic mass is 9.82. The van der Waals surface area contributed by atoms with E-state index in [4.69, 9.17) is 9.97 Å². The van der Waals surface area contributed by atoms with Crippen molar-refractivity contribution in [2.24, 2.45) is 17.8 Å². The lowest BCUT2D eigenvalue weighted by Crippen LogP contribution is -2.32. The van der Waals surface area contributed by atoms with Crippen LogP contribution in [0.1, 0.15) is 57.8 Å². The van der Waals surface area contributed by atoms with Crippen LogP contribution in [0.4, 0.5) is 11.8 Å². The minimum atomic E-state index is -3.53. The Balaban J connectivity index is 1.00. The molecule has 2 saturated carbocycles. The largest absolute Gasteiger partial charge is 0.369 e. The molecule has 0 amide bonds. The summed E-state index contributed by atoms with van der Waals surface area (Å²) in [6.07, 6.45) is 10.8. The highest BCUT2D eigenvalue weighted by Gasteiger charge is 2.24. The molecule has 41 heavy (non-hydrogen) atoms. The van der Waals surface area contributed by atoms with Gasteiger partial charge in [0.05, 0.1) is 10.4 Å². The fraction of sp³-hybridized carbons (Fsp3) is 0.455. The predicted molar refractivity (Wildman–Crippen MR) is 168 cm³/mol. The van der Waals surface area contributed by atoms with Crippen molar-refractivity contribution < 1.29 is 8.42 Å². The van der Waals surface area contributed by atoms with E-state index in [1.54, 1.807) is 12.1 Å². The highest BCUT2D eigenvalue weighted by Crippen LogP contribution is 2.30. The standard InChI is InChI=1S/C33H41N5O2S/c39-41(40,29-19-18-27-10-4-5-11-28(27)20-29)36-23-26-16-14-25(15-17-26)22-35-33-37-31-13-7-6-12-30(31)32(38-33)34-21-24-8-2-1-3-9-24/h4-7,10-13,18-20,24-26,36H,1-3,8-9,14-17,21-23H2,(H2,34,35,37,38)/t25-,26-. The Morgan fingerprint density at radius 3 is 2.12 bits per heavy atom. The molecule has 3 aromatic carbocycles.